The van der Waals surface area contributed by atoms with E-state index in [1.54, 1.807) is 7.11 Å². The molecule has 1 aromatic rings. The number of likely N-dealkylation sites (N-methyl/N-ethyl adjacent to an activating group) is 1. The second-order valence-corrected chi connectivity index (χ2v) is 7.82. The maximum atomic E-state index is 12.4. The minimum atomic E-state index is -0.0510. The smallest absolute Gasteiger partial charge is 0.258 e. The molecule has 0 unspecified atom stereocenters. The van der Waals surface area contributed by atoms with Crippen LogP contribution >= 0.6 is 12.4 Å². The molecule has 1 aliphatic carbocycles. The Balaban J connectivity index is 0.00000280. The summed E-state index contributed by atoms with van der Waals surface area (Å²) in [6, 6.07) is 7.30. The number of halogens is 1. The Kier molecular flexibility index (Phi) is 8.86. The molecule has 0 spiro atoms. The van der Waals surface area contributed by atoms with E-state index < -0.39 is 0 Å². The zero-order chi connectivity index (χ0) is 19.1. The number of rotatable bonds is 7. The summed E-state index contributed by atoms with van der Waals surface area (Å²) in [5.41, 5.74) is 0.120. The molecule has 1 heterocycles. The number of nitrogens with zero attached hydrogens (tertiary/aromatic N) is 2. The molecule has 1 saturated carbocycles. The largest absolute Gasteiger partial charge is 0.497 e. The number of hydrogen-bond acceptors (Lipinski definition) is 5. The molecule has 1 aliphatic heterocycles. The lowest BCUT2D eigenvalue weighted by molar-refractivity contribution is -0.124. The van der Waals surface area contributed by atoms with Gasteiger partial charge in [0.2, 0.25) is 0 Å². The monoisotopic (exact) mass is 411 g/mol. The Hall–Kier alpha value is -1.50. The van der Waals surface area contributed by atoms with Gasteiger partial charge in [-0.15, -0.1) is 12.4 Å². The fraction of sp³-hybridized carbons (Fsp3) is 0.667. The van der Waals surface area contributed by atoms with Crippen LogP contribution in [0.3, 0.4) is 0 Å². The third-order valence-electron chi connectivity index (χ3n) is 6.00. The first-order valence-corrected chi connectivity index (χ1v) is 10.1. The van der Waals surface area contributed by atoms with E-state index in [0.29, 0.717) is 5.75 Å². The van der Waals surface area contributed by atoms with Crippen LogP contribution in [0.2, 0.25) is 0 Å². The predicted octanol–water partition coefficient (Wildman–Crippen LogP) is 2.56. The van der Waals surface area contributed by atoms with Gasteiger partial charge in [-0.3, -0.25) is 9.69 Å². The molecule has 1 aromatic carbocycles. The number of methoxy groups -OCH3 is 1. The molecule has 158 valence electrons. The van der Waals surface area contributed by atoms with Crippen molar-refractivity contribution in [1.82, 2.24) is 15.1 Å². The predicted molar refractivity (Wildman–Crippen MR) is 114 cm³/mol. The highest BCUT2D eigenvalue weighted by Crippen LogP contribution is 2.34. The highest BCUT2D eigenvalue weighted by molar-refractivity contribution is 5.85. The lowest BCUT2D eigenvalue weighted by atomic mass is 9.79. The quantitative estimate of drug-likeness (QED) is 0.747. The minimum absolute atomic E-state index is 0. The van der Waals surface area contributed by atoms with Gasteiger partial charge in [-0.25, -0.2) is 0 Å². The summed E-state index contributed by atoms with van der Waals surface area (Å²) in [7, 11) is 3.81. The molecule has 6 nitrogen and oxygen atoms in total. The molecule has 1 amide bonds. The number of benzene rings is 1. The number of carbonyl (C=O) groups is 1. The van der Waals surface area contributed by atoms with Crippen molar-refractivity contribution < 1.29 is 14.3 Å². The molecule has 7 heteroatoms. The van der Waals surface area contributed by atoms with E-state index in [9.17, 15) is 4.79 Å². The number of ether oxygens (including phenoxy) is 2. The molecule has 28 heavy (non-hydrogen) atoms. The molecule has 1 saturated heterocycles. The summed E-state index contributed by atoms with van der Waals surface area (Å²) in [5, 5.41) is 3.15. The Bertz CT molecular complexity index is 597. The van der Waals surface area contributed by atoms with Crippen LogP contribution in [-0.4, -0.2) is 74.7 Å². The van der Waals surface area contributed by atoms with Crippen molar-refractivity contribution in [3.8, 4) is 11.5 Å². The number of piperazine rings is 1. The van der Waals surface area contributed by atoms with E-state index in [4.69, 9.17) is 9.47 Å². The number of hydrogen-bond donors (Lipinski definition) is 1. The third-order valence-corrected chi connectivity index (χ3v) is 6.00. The third kappa shape index (κ3) is 6.00. The van der Waals surface area contributed by atoms with E-state index in [2.05, 4.69) is 22.2 Å². The van der Waals surface area contributed by atoms with Crippen LogP contribution in [0.25, 0.3) is 0 Å². The molecule has 0 aromatic heterocycles. The van der Waals surface area contributed by atoms with Crippen molar-refractivity contribution in [3.05, 3.63) is 24.3 Å². The summed E-state index contributed by atoms with van der Waals surface area (Å²) in [4.78, 5) is 17.4. The fourth-order valence-corrected chi connectivity index (χ4v) is 4.23. The van der Waals surface area contributed by atoms with E-state index >= 15 is 0 Å². The molecule has 2 fully saturated rings. The fourth-order valence-electron chi connectivity index (χ4n) is 4.23. The Morgan fingerprint density at radius 3 is 2.25 bits per heavy atom. The van der Waals surface area contributed by atoms with Crippen LogP contribution in [0.15, 0.2) is 24.3 Å². The molecule has 1 N–H and O–H groups in total. The first-order chi connectivity index (χ1) is 13.1. The van der Waals surface area contributed by atoms with Crippen LogP contribution in [0.4, 0.5) is 0 Å². The molecular weight excluding hydrogens is 378 g/mol. The van der Waals surface area contributed by atoms with Gasteiger partial charge in [-0.1, -0.05) is 19.3 Å². The molecular formula is C21H34ClN3O3. The highest BCUT2D eigenvalue weighted by Gasteiger charge is 2.39. The van der Waals surface area contributed by atoms with Crippen LogP contribution in [0.1, 0.15) is 32.1 Å². The molecule has 0 atom stereocenters. The Morgan fingerprint density at radius 2 is 1.64 bits per heavy atom. The standard InChI is InChI=1S/C21H33N3O3.ClH/c1-23-12-14-24(15-13-23)21(10-4-3-5-11-21)17-22-20(25)16-27-19-8-6-18(26-2)7-9-19;/h6-9H,3-5,10-17H2,1-2H3,(H,22,25);1H. The van der Waals surface area contributed by atoms with Gasteiger partial charge in [0.1, 0.15) is 11.5 Å². The number of amides is 1. The van der Waals surface area contributed by atoms with E-state index in [-0.39, 0.29) is 30.5 Å². The van der Waals surface area contributed by atoms with Crippen LogP contribution in [0, 0.1) is 0 Å². The van der Waals surface area contributed by atoms with Crippen molar-refractivity contribution in [2.24, 2.45) is 0 Å². The Morgan fingerprint density at radius 1 is 1.04 bits per heavy atom. The van der Waals surface area contributed by atoms with Crippen molar-refractivity contribution in [1.29, 1.82) is 0 Å². The second kappa shape index (κ2) is 10.9. The van der Waals surface area contributed by atoms with Crippen molar-refractivity contribution in [3.63, 3.8) is 0 Å². The van der Waals surface area contributed by atoms with Gasteiger partial charge in [0.25, 0.3) is 5.91 Å². The summed E-state index contributed by atoms with van der Waals surface area (Å²) in [5.74, 6) is 1.40. The lowest BCUT2D eigenvalue weighted by Crippen LogP contribution is -2.61. The zero-order valence-electron chi connectivity index (χ0n) is 17.1. The van der Waals surface area contributed by atoms with Gasteiger partial charge in [0, 0.05) is 38.3 Å². The van der Waals surface area contributed by atoms with Gasteiger partial charge >= 0.3 is 0 Å². The topological polar surface area (TPSA) is 54.0 Å². The van der Waals surface area contributed by atoms with E-state index in [1.165, 1.54) is 32.1 Å². The molecule has 0 radical (unpaired) electrons. The zero-order valence-corrected chi connectivity index (χ0v) is 17.9. The summed E-state index contributed by atoms with van der Waals surface area (Å²) >= 11 is 0. The first-order valence-electron chi connectivity index (χ1n) is 10.1. The number of nitrogens with one attached hydrogen (secondary N) is 1. The molecule has 0 bridgehead atoms. The summed E-state index contributed by atoms with van der Waals surface area (Å²) < 4.78 is 10.7. The molecule has 2 aliphatic rings. The van der Waals surface area contributed by atoms with Gasteiger partial charge in [-0.2, -0.15) is 0 Å². The SMILES string of the molecule is COc1ccc(OCC(=O)NCC2(N3CCN(C)CC3)CCCCC2)cc1.Cl. The summed E-state index contributed by atoms with van der Waals surface area (Å²) in [6.07, 6.45) is 6.17. The minimum Gasteiger partial charge on any atom is -0.497 e. The average Bonchev–Trinajstić information content (AvgIpc) is 2.72. The van der Waals surface area contributed by atoms with Gasteiger partial charge < -0.3 is 19.7 Å². The second-order valence-electron chi connectivity index (χ2n) is 7.82. The van der Waals surface area contributed by atoms with Gasteiger partial charge in [0.05, 0.1) is 7.11 Å². The maximum Gasteiger partial charge on any atom is 0.258 e. The first kappa shape index (κ1) is 22.8. The van der Waals surface area contributed by atoms with Crippen molar-refractivity contribution in [2.45, 2.75) is 37.6 Å². The van der Waals surface area contributed by atoms with Crippen molar-refractivity contribution >= 4 is 18.3 Å². The van der Waals surface area contributed by atoms with Crippen LogP contribution < -0.4 is 14.8 Å². The van der Waals surface area contributed by atoms with Crippen molar-refractivity contribution in [2.75, 3.05) is 53.5 Å². The maximum absolute atomic E-state index is 12.4. The van der Waals surface area contributed by atoms with Gasteiger partial charge in [-0.05, 0) is 44.2 Å². The highest BCUT2D eigenvalue weighted by atomic mass is 35.5. The van der Waals surface area contributed by atoms with E-state index in [0.717, 1.165) is 38.5 Å². The lowest BCUT2D eigenvalue weighted by Gasteiger charge is -2.49. The normalized spacial score (nSPS) is 20.1. The molecule has 3 rings (SSSR count). The van der Waals surface area contributed by atoms with Crippen LogP contribution in [0.5, 0.6) is 11.5 Å². The average molecular weight is 412 g/mol. The number of carbonyl (C=O) groups excluding carboxylic acids is 1. The van der Waals surface area contributed by atoms with Crippen LogP contribution in [-0.2, 0) is 4.79 Å². The van der Waals surface area contributed by atoms with Gasteiger partial charge in [0.15, 0.2) is 6.61 Å². The summed E-state index contributed by atoms with van der Waals surface area (Å²) in [6.45, 7) is 5.17. The Labute approximate surface area is 175 Å². The van der Waals surface area contributed by atoms with E-state index in [1.807, 2.05) is 24.3 Å².